The number of aliphatic carboxylic acids is 1. The Morgan fingerprint density at radius 2 is 0.818 bits per heavy atom. The minimum atomic E-state index is -1.37. The van der Waals surface area contributed by atoms with Gasteiger partial charge in [0.05, 0.1) is 5.41 Å². The van der Waals surface area contributed by atoms with Gasteiger partial charge in [-0.3, -0.25) is 19.2 Å². The Morgan fingerprint density at radius 1 is 0.591 bits per heavy atom. The fraction of sp³-hybridized carbons (Fsp3) is 0.714. The number of halogens is 3. The first-order valence-corrected chi connectivity index (χ1v) is 7.98. The van der Waals surface area contributed by atoms with Gasteiger partial charge in [0.2, 0.25) is 15.7 Å². The lowest BCUT2D eigenvalue weighted by Crippen LogP contribution is -2.67. The van der Waals surface area contributed by atoms with E-state index in [4.69, 9.17) is 34.8 Å². The second kappa shape index (κ2) is 4.46. The molecule has 0 aromatic rings. The molecule has 0 radical (unpaired) electrons. The second-order valence-electron chi connectivity index (χ2n) is 7.31. The van der Waals surface area contributed by atoms with E-state index in [0.717, 1.165) is 0 Å². The molecule has 4 bridgehead atoms. The Labute approximate surface area is 141 Å². The summed E-state index contributed by atoms with van der Waals surface area (Å²) < 4.78 is 0. The number of carbonyl (C=O) groups is 4. The predicted molar refractivity (Wildman–Crippen MR) is 77.6 cm³/mol. The zero-order valence-corrected chi connectivity index (χ0v) is 13.7. The van der Waals surface area contributed by atoms with E-state index < -0.39 is 43.4 Å². The van der Waals surface area contributed by atoms with Crippen LogP contribution in [-0.4, -0.2) is 26.8 Å². The normalized spacial score (nSPS) is 45.6. The highest BCUT2D eigenvalue weighted by Crippen LogP contribution is 2.75. The Balaban J connectivity index is 2.26. The maximum Gasteiger partial charge on any atom is 0.309 e. The van der Waals surface area contributed by atoms with Gasteiger partial charge in [-0.15, -0.1) is 0 Å². The van der Waals surface area contributed by atoms with Crippen molar-refractivity contribution in [3.63, 3.8) is 0 Å². The highest BCUT2D eigenvalue weighted by atomic mass is 35.5. The van der Waals surface area contributed by atoms with Gasteiger partial charge in [-0.25, -0.2) is 0 Å². The van der Waals surface area contributed by atoms with Gasteiger partial charge in [0.25, 0.3) is 0 Å². The highest BCUT2D eigenvalue weighted by Gasteiger charge is 2.75. The minimum absolute atomic E-state index is 0.0233. The first-order chi connectivity index (χ1) is 10.0. The van der Waals surface area contributed by atoms with Crippen molar-refractivity contribution in [3.05, 3.63) is 0 Å². The number of carboxylic acids is 1. The summed E-state index contributed by atoms with van der Waals surface area (Å²) in [4.78, 5) is 48.1. The molecule has 0 atom stereocenters. The largest absolute Gasteiger partial charge is 0.481 e. The van der Waals surface area contributed by atoms with Crippen molar-refractivity contribution in [1.82, 2.24) is 0 Å². The van der Waals surface area contributed by atoms with E-state index in [-0.39, 0.29) is 38.5 Å². The molecule has 4 aliphatic carbocycles. The van der Waals surface area contributed by atoms with Crippen molar-refractivity contribution in [3.8, 4) is 0 Å². The Bertz CT molecular complexity index is 484. The molecule has 0 aliphatic heterocycles. The quantitative estimate of drug-likeness (QED) is 0.772. The van der Waals surface area contributed by atoms with Crippen LogP contribution in [0.2, 0.25) is 0 Å². The highest BCUT2D eigenvalue weighted by molar-refractivity contribution is 6.67. The van der Waals surface area contributed by atoms with Gasteiger partial charge in [0.1, 0.15) is 0 Å². The van der Waals surface area contributed by atoms with Gasteiger partial charge in [-0.2, -0.15) is 0 Å². The molecule has 5 nitrogen and oxygen atoms in total. The molecule has 0 spiro atoms. The van der Waals surface area contributed by atoms with Crippen molar-refractivity contribution in [2.75, 3.05) is 0 Å². The predicted octanol–water partition coefficient (Wildman–Crippen LogP) is 2.69. The number of carboxylic acid groups (broad SMARTS) is 1. The summed E-state index contributed by atoms with van der Waals surface area (Å²) in [7, 11) is 0. The van der Waals surface area contributed by atoms with Gasteiger partial charge in [0.15, 0.2) is 0 Å². The van der Waals surface area contributed by atoms with Gasteiger partial charge in [-0.1, -0.05) is 0 Å². The average Bonchev–Trinajstić information content (AvgIpc) is 2.36. The molecule has 0 aromatic carbocycles. The third-order valence-electron chi connectivity index (χ3n) is 5.77. The summed E-state index contributed by atoms with van der Waals surface area (Å²) in [5, 5.41) is 7.54. The number of hydrogen-bond donors (Lipinski definition) is 1. The van der Waals surface area contributed by atoms with Crippen LogP contribution in [0.25, 0.3) is 0 Å². The van der Waals surface area contributed by atoms with Crippen molar-refractivity contribution in [2.24, 2.45) is 21.7 Å². The molecule has 0 heterocycles. The topological polar surface area (TPSA) is 88.5 Å². The summed E-state index contributed by atoms with van der Waals surface area (Å²) in [6.45, 7) is 0. The fourth-order valence-electron chi connectivity index (χ4n) is 5.49. The first-order valence-electron chi connectivity index (χ1n) is 6.85. The molecule has 0 aromatic heterocycles. The number of hydrogen-bond acceptors (Lipinski definition) is 4. The minimum Gasteiger partial charge on any atom is -0.481 e. The summed E-state index contributed by atoms with van der Waals surface area (Å²) in [5.41, 5.74) is -5.06. The van der Waals surface area contributed by atoms with Gasteiger partial charge >= 0.3 is 5.97 Å². The molecule has 4 fully saturated rings. The van der Waals surface area contributed by atoms with Crippen molar-refractivity contribution in [2.45, 2.75) is 38.5 Å². The summed E-state index contributed by atoms with van der Waals surface area (Å²) in [6, 6.07) is 0. The van der Waals surface area contributed by atoms with E-state index >= 15 is 0 Å². The number of rotatable bonds is 4. The molecule has 8 heteroatoms. The van der Waals surface area contributed by atoms with E-state index in [1.165, 1.54) is 0 Å². The maximum absolute atomic E-state index is 12.1. The van der Waals surface area contributed by atoms with Crippen LogP contribution in [0.15, 0.2) is 0 Å². The molecule has 0 unspecified atom stereocenters. The number of carbonyl (C=O) groups excluding carboxylic acids is 3. The van der Waals surface area contributed by atoms with Crippen molar-refractivity contribution in [1.29, 1.82) is 0 Å². The SMILES string of the molecule is O=C(O)C12CC3(C(=O)Cl)CC(C(=O)Cl)(C1)CC(C(=O)Cl)(C2)C3. The van der Waals surface area contributed by atoms with Crippen LogP contribution in [0.1, 0.15) is 38.5 Å². The fourth-order valence-corrected chi connectivity index (χ4v) is 6.09. The zero-order valence-electron chi connectivity index (χ0n) is 11.5. The summed E-state index contributed by atoms with van der Waals surface area (Å²) in [5.74, 6) is -1.14. The Hall–Kier alpha value is -0.650. The molecule has 1 N–H and O–H groups in total. The van der Waals surface area contributed by atoms with Crippen LogP contribution in [-0.2, 0) is 19.2 Å². The van der Waals surface area contributed by atoms with E-state index in [2.05, 4.69) is 0 Å². The smallest absolute Gasteiger partial charge is 0.309 e. The Morgan fingerprint density at radius 3 is 1.00 bits per heavy atom. The van der Waals surface area contributed by atoms with E-state index in [0.29, 0.717) is 0 Å². The molecule has 4 rings (SSSR count). The third-order valence-corrected chi connectivity index (χ3v) is 6.97. The molecule has 0 saturated heterocycles. The Kier molecular flexibility index (Phi) is 3.28. The first kappa shape index (κ1) is 16.2. The molecule has 120 valence electrons. The average molecular weight is 368 g/mol. The van der Waals surface area contributed by atoms with E-state index in [1.807, 2.05) is 0 Å². The summed E-state index contributed by atoms with van der Waals surface area (Å²) in [6.07, 6.45) is 0.337. The van der Waals surface area contributed by atoms with Crippen molar-refractivity contribution < 1.29 is 24.3 Å². The maximum atomic E-state index is 12.1. The lowest BCUT2D eigenvalue weighted by atomic mass is 9.36. The van der Waals surface area contributed by atoms with Crippen LogP contribution in [0, 0.1) is 21.7 Å². The standard InChI is InChI=1S/C14H13Cl3O5/c15-7(18)11-1-12(8(16)19)3-13(2-11,9(17)20)6-14(4-11,5-12)10(21)22/h1-6H2,(H,21,22). The lowest BCUT2D eigenvalue weighted by molar-refractivity contribution is -0.205. The van der Waals surface area contributed by atoms with Crippen LogP contribution in [0.3, 0.4) is 0 Å². The molecule has 22 heavy (non-hydrogen) atoms. The molecular formula is C14H13Cl3O5. The zero-order chi connectivity index (χ0) is 16.6. The van der Waals surface area contributed by atoms with E-state index in [1.54, 1.807) is 0 Å². The van der Waals surface area contributed by atoms with Gasteiger partial charge < -0.3 is 5.11 Å². The van der Waals surface area contributed by atoms with E-state index in [9.17, 15) is 24.3 Å². The van der Waals surface area contributed by atoms with Crippen LogP contribution >= 0.6 is 34.8 Å². The van der Waals surface area contributed by atoms with Crippen molar-refractivity contribution >= 4 is 56.5 Å². The second-order valence-corrected chi connectivity index (χ2v) is 8.34. The van der Waals surface area contributed by atoms with Gasteiger partial charge in [0, 0.05) is 16.2 Å². The third kappa shape index (κ3) is 1.85. The lowest BCUT2D eigenvalue weighted by Gasteiger charge is -2.66. The van der Waals surface area contributed by atoms with Gasteiger partial charge in [-0.05, 0) is 73.3 Å². The molecule has 4 aliphatic rings. The summed E-state index contributed by atoms with van der Waals surface area (Å²) >= 11 is 17.3. The monoisotopic (exact) mass is 366 g/mol. The molecule has 4 saturated carbocycles. The van der Waals surface area contributed by atoms with Crippen LogP contribution < -0.4 is 0 Å². The molecule has 0 amide bonds. The van der Waals surface area contributed by atoms with Crippen LogP contribution in [0.5, 0.6) is 0 Å². The van der Waals surface area contributed by atoms with Crippen LogP contribution in [0.4, 0.5) is 0 Å². The molecular weight excluding hydrogens is 355 g/mol.